The number of nitrogens with zero attached hydrogens (tertiary/aromatic N) is 4. The van der Waals surface area contributed by atoms with Crippen molar-refractivity contribution in [3.05, 3.63) is 83.2 Å². The average Bonchev–Trinajstić information content (AvgIpc) is 2.92. The first-order valence-corrected chi connectivity index (χ1v) is 7.44. The molecule has 23 heavy (non-hydrogen) atoms. The van der Waals surface area contributed by atoms with Crippen LogP contribution in [0, 0.1) is 22.7 Å². The third-order valence-corrected chi connectivity index (χ3v) is 3.84. The van der Waals surface area contributed by atoms with Gasteiger partial charge in [0.25, 0.3) is 0 Å². The number of hydrogen-bond acceptors (Lipinski definition) is 4. The topological polar surface area (TPSA) is 54.1 Å². The highest BCUT2D eigenvalue weighted by Gasteiger charge is 2.29. The number of nitriles is 2. The van der Waals surface area contributed by atoms with Gasteiger partial charge < -0.3 is 9.80 Å². The van der Waals surface area contributed by atoms with Crippen molar-refractivity contribution in [2.45, 2.75) is 13.1 Å². The lowest BCUT2D eigenvalue weighted by Gasteiger charge is -2.22. The summed E-state index contributed by atoms with van der Waals surface area (Å²) in [4.78, 5) is 3.91. The van der Waals surface area contributed by atoms with Crippen molar-refractivity contribution in [2.75, 3.05) is 6.67 Å². The summed E-state index contributed by atoms with van der Waals surface area (Å²) in [5.41, 5.74) is 3.15. The van der Waals surface area contributed by atoms with Crippen LogP contribution in [-0.2, 0) is 13.1 Å². The summed E-state index contributed by atoms with van der Waals surface area (Å²) >= 11 is 0. The fraction of sp³-hybridized carbons (Fsp3) is 0.158. The third kappa shape index (κ3) is 3.17. The van der Waals surface area contributed by atoms with Crippen LogP contribution in [0.1, 0.15) is 11.1 Å². The highest BCUT2D eigenvalue weighted by atomic mass is 15.4. The molecule has 0 bridgehead atoms. The average molecular weight is 300 g/mol. The fourth-order valence-corrected chi connectivity index (χ4v) is 2.76. The van der Waals surface area contributed by atoms with E-state index in [1.54, 1.807) is 0 Å². The number of allylic oxidation sites excluding steroid dienone is 2. The van der Waals surface area contributed by atoms with Crippen molar-refractivity contribution in [1.29, 1.82) is 10.5 Å². The van der Waals surface area contributed by atoms with Gasteiger partial charge in [-0.05, 0) is 11.1 Å². The molecule has 2 aromatic carbocycles. The molecule has 0 unspecified atom stereocenters. The summed E-state index contributed by atoms with van der Waals surface area (Å²) in [6.07, 6.45) is 0. The van der Waals surface area contributed by atoms with Gasteiger partial charge in [-0.25, -0.2) is 0 Å². The Morgan fingerprint density at radius 1 is 0.696 bits per heavy atom. The van der Waals surface area contributed by atoms with Crippen LogP contribution in [0.4, 0.5) is 0 Å². The van der Waals surface area contributed by atoms with Crippen molar-refractivity contribution in [3.8, 4) is 12.1 Å². The number of rotatable bonds is 4. The maximum Gasteiger partial charge on any atom is 0.152 e. The molecule has 4 nitrogen and oxygen atoms in total. The first-order chi connectivity index (χ1) is 11.3. The number of hydrogen-bond donors (Lipinski definition) is 0. The minimum absolute atomic E-state index is 0.451. The molecular weight excluding hydrogens is 284 g/mol. The Morgan fingerprint density at radius 2 is 1.09 bits per heavy atom. The second kappa shape index (κ2) is 6.68. The third-order valence-electron chi connectivity index (χ3n) is 3.84. The van der Waals surface area contributed by atoms with Gasteiger partial charge in [0, 0.05) is 13.1 Å². The first kappa shape index (κ1) is 14.7. The second-order valence-electron chi connectivity index (χ2n) is 5.43. The highest BCUT2D eigenvalue weighted by Crippen LogP contribution is 2.26. The van der Waals surface area contributed by atoms with Gasteiger partial charge in [0.2, 0.25) is 0 Å². The van der Waals surface area contributed by atoms with E-state index in [-0.39, 0.29) is 0 Å². The molecule has 0 amide bonds. The molecular formula is C19H16N4. The summed E-state index contributed by atoms with van der Waals surface area (Å²) in [7, 11) is 0. The largest absolute Gasteiger partial charge is 0.339 e. The monoisotopic (exact) mass is 300 g/mol. The Bertz CT molecular complexity index is 714. The van der Waals surface area contributed by atoms with E-state index in [4.69, 9.17) is 0 Å². The van der Waals surface area contributed by atoms with E-state index in [1.807, 2.05) is 70.5 Å². The van der Waals surface area contributed by atoms with E-state index in [9.17, 15) is 10.5 Å². The molecule has 3 rings (SSSR count). The molecule has 0 atom stereocenters. The Morgan fingerprint density at radius 3 is 1.43 bits per heavy atom. The van der Waals surface area contributed by atoms with Crippen molar-refractivity contribution >= 4 is 0 Å². The lowest BCUT2D eigenvalue weighted by atomic mass is 10.2. The molecule has 0 radical (unpaired) electrons. The van der Waals surface area contributed by atoms with Crippen LogP contribution < -0.4 is 0 Å². The van der Waals surface area contributed by atoms with Gasteiger partial charge in [-0.15, -0.1) is 0 Å². The van der Waals surface area contributed by atoms with Crippen LogP contribution in [0.15, 0.2) is 72.1 Å². The summed E-state index contributed by atoms with van der Waals surface area (Å²) in [6.45, 7) is 1.80. The molecule has 0 fully saturated rings. The lowest BCUT2D eigenvalue weighted by Crippen LogP contribution is -2.27. The van der Waals surface area contributed by atoms with Crippen LogP contribution in [0.25, 0.3) is 0 Å². The molecule has 0 saturated carbocycles. The molecule has 4 heteroatoms. The SMILES string of the molecule is N#CC1=C(C#N)N(Cc2ccccc2)CN1Cc1ccccc1. The predicted octanol–water partition coefficient (Wildman–Crippen LogP) is 3.22. The van der Waals surface area contributed by atoms with E-state index >= 15 is 0 Å². The standard InChI is InChI=1S/C19H16N4/c20-11-18-19(12-21)23(14-17-9-5-2-6-10-17)15-22(18)13-16-7-3-1-4-8-16/h1-10H,13-15H2. The van der Waals surface area contributed by atoms with Crippen LogP contribution in [0.5, 0.6) is 0 Å². The zero-order chi connectivity index (χ0) is 16.1. The maximum atomic E-state index is 9.47. The molecule has 0 saturated heterocycles. The molecule has 0 aliphatic carbocycles. The molecule has 2 aromatic rings. The molecule has 0 N–H and O–H groups in total. The summed E-state index contributed by atoms with van der Waals surface area (Å²) in [5.74, 6) is 0. The summed E-state index contributed by atoms with van der Waals surface area (Å²) in [5, 5.41) is 18.9. The molecule has 112 valence electrons. The first-order valence-electron chi connectivity index (χ1n) is 7.44. The summed E-state index contributed by atoms with van der Waals surface area (Å²) < 4.78 is 0. The van der Waals surface area contributed by atoms with Crippen molar-refractivity contribution in [3.63, 3.8) is 0 Å². The predicted molar refractivity (Wildman–Crippen MR) is 87.1 cm³/mol. The van der Waals surface area contributed by atoms with Gasteiger partial charge in [0.1, 0.15) is 12.1 Å². The van der Waals surface area contributed by atoms with E-state index in [0.717, 1.165) is 11.1 Å². The zero-order valence-electron chi connectivity index (χ0n) is 12.7. The van der Waals surface area contributed by atoms with Crippen molar-refractivity contribution < 1.29 is 0 Å². The van der Waals surface area contributed by atoms with Gasteiger partial charge in [0.15, 0.2) is 11.4 Å². The second-order valence-corrected chi connectivity index (χ2v) is 5.43. The Balaban J connectivity index is 1.83. The smallest absolute Gasteiger partial charge is 0.152 e. The summed E-state index contributed by atoms with van der Waals surface area (Å²) in [6, 6.07) is 24.4. The minimum atomic E-state index is 0.451. The normalized spacial score (nSPS) is 13.8. The lowest BCUT2D eigenvalue weighted by molar-refractivity contribution is 0.243. The molecule has 0 aromatic heterocycles. The number of benzene rings is 2. The maximum absolute atomic E-state index is 9.47. The van der Waals surface area contributed by atoms with E-state index in [0.29, 0.717) is 31.2 Å². The Kier molecular flexibility index (Phi) is 4.27. The Hall–Kier alpha value is -3.24. The van der Waals surface area contributed by atoms with Crippen LogP contribution in [-0.4, -0.2) is 16.5 Å². The van der Waals surface area contributed by atoms with Crippen LogP contribution >= 0.6 is 0 Å². The fourth-order valence-electron chi connectivity index (χ4n) is 2.76. The zero-order valence-corrected chi connectivity index (χ0v) is 12.7. The van der Waals surface area contributed by atoms with Gasteiger partial charge in [-0.2, -0.15) is 10.5 Å². The van der Waals surface area contributed by atoms with E-state index in [1.165, 1.54) is 0 Å². The minimum Gasteiger partial charge on any atom is -0.339 e. The molecule has 0 spiro atoms. The van der Waals surface area contributed by atoms with Gasteiger partial charge in [-0.3, -0.25) is 0 Å². The van der Waals surface area contributed by atoms with E-state index in [2.05, 4.69) is 12.1 Å². The van der Waals surface area contributed by atoms with Crippen LogP contribution in [0.3, 0.4) is 0 Å². The van der Waals surface area contributed by atoms with Crippen molar-refractivity contribution in [2.24, 2.45) is 0 Å². The molecule has 1 aliphatic heterocycles. The quantitative estimate of drug-likeness (QED) is 0.870. The highest BCUT2D eigenvalue weighted by molar-refractivity contribution is 5.39. The van der Waals surface area contributed by atoms with Gasteiger partial charge >= 0.3 is 0 Å². The van der Waals surface area contributed by atoms with Gasteiger partial charge in [-0.1, -0.05) is 60.7 Å². The van der Waals surface area contributed by atoms with Crippen LogP contribution in [0.2, 0.25) is 0 Å². The van der Waals surface area contributed by atoms with Crippen molar-refractivity contribution in [1.82, 2.24) is 9.80 Å². The van der Waals surface area contributed by atoms with Gasteiger partial charge in [0.05, 0.1) is 6.67 Å². The van der Waals surface area contributed by atoms with E-state index < -0.39 is 0 Å². The molecule has 1 aliphatic rings. The Labute approximate surface area is 136 Å². The molecule has 1 heterocycles.